The minimum absolute atomic E-state index is 0.0592. The summed E-state index contributed by atoms with van der Waals surface area (Å²) in [7, 11) is 1.74. The number of piperidine rings is 1. The molecule has 0 saturated carbocycles. The number of amides is 1. The third-order valence-electron chi connectivity index (χ3n) is 10.1. The summed E-state index contributed by atoms with van der Waals surface area (Å²) in [5.41, 5.74) is 2.21. The number of para-hydroxylation sites is 2. The number of hydrogen-bond acceptors (Lipinski definition) is 11. The van der Waals surface area contributed by atoms with Gasteiger partial charge in [0, 0.05) is 57.4 Å². The van der Waals surface area contributed by atoms with Gasteiger partial charge in [0.2, 0.25) is 11.9 Å². The van der Waals surface area contributed by atoms with Gasteiger partial charge in [-0.15, -0.1) is 0 Å². The molecular weight excluding hydrogens is 717 g/mol. The summed E-state index contributed by atoms with van der Waals surface area (Å²) in [4.78, 5) is 39.6. The van der Waals surface area contributed by atoms with E-state index in [9.17, 15) is 14.1 Å². The smallest absolute Gasteiger partial charge is 0.229 e. The van der Waals surface area contributed by atoms with Gasteiger partial charge >= 0.3 is 0 Å². The second kappa shape index (κ2) is 18.6. The van der Waals surface area contributed by atoms with Gasteiger partial charge in [-0.25, -0.2) is 9.37 Å². The molecule has 2 saturated heterocycles. The SMILES string of the molecule is CN(c1ccccc1Nc1nc(Nc2ccc(N3CCC(N4CCN(CCCCC(=O)NC(C=O)C(C)(C)C)CC4)CC3)c(F)c2)ncc1Cl)[S+](C)[O-]. The molecule has 3 N–H and O–H groups in total. The molecule has 1 aromatic heterocycles. The number of aromatic nitrogens is 2. The first-order chi connectivity index (χ1) is 25.3. The third-order valence-corrected chi connectivity index (χ3v) is 11.3. The molecule has 53 heavy (non-hydrogen) atoms. The lowest BCUT2D eigenvalue weighted by Gasteiger charge is -2.43. The van der Waals surface area contributed by atoms with Crippen molar-refractivity contribution in [2.45, 2.75) is 65.0 Å². The zero-order chi connectivity index (χ0) is 38.1. The summed E-state index contributed by atoms with van der Waals surface area (Å²) < 4.78 is 29.2. The summed E-state index contributed by atoms with van der Waals surface area (Å²) in [6, 6.07) is 12.5. The number of halogens is 2. The number of rotatable bonds is 15. The highest BCUT2D eigenvalue weighted by molar-refractivity contribution is 7.92. The Morgan fingerprint density at radius 2 is 1.81 bits per heavy atom. The average Bonchev–Trinajstić information content (AvgIpc) is 3.13. The molecule has 0 radical (unpaired) electrons. The first-order valence-electron chi connectivity index (χ1n) is 18.3. The van der Waals surface area contributed by atoms with Crippen LogP contribution in [-0.4, -0.2) is 108 Å². The maximum atomic E-state index is 15.5. The summed E-state index contributed by atoms with van der Waals surface area (Å²) in [5.74, 6) is 0.240. The van der Waals surface area contributed by atoms with E-state index in [-0.39, 0.29) is 23.1 Å². The number of unbranched alkanes of at least 4 members (excludes halogenated alkanes) is 1. The number of nitrogens with one attached hydrogen (secondary N) is 3. The highest BCUT2D eigenvalue weighted by Gasteiger charge is 2.29. The molecule has 0 aliphatic carbocycles. The van der Waals surface area contributed by atoms with E-state index in [2.05, 4.69) is 40.6 Å². The molecule has 3 aromatic rings. The fraction of sp³-hybridized carbons (Fsp3) is 0.526. The van der Waals surface area contributed by atoms with Crippen LogP contribution in [0.25, 0.3) is 0 Å². The van der Waals surface area contributed by atoms with Gasteiger partial charge in [0.15, 0.2) is 5.82 Å². The van der Waals surface area contributed by atoms with E-state index >= 15 is 4.39 Å². The number of carbonyl (C=O) groups is 2. The number of carbonyl (C=O) groups excluding carboxylic acids is 2. The van der Waals surface area contributed by atoms with E-state index in [0.29, 0.717) is 40.4 Å². The van der Waals surface area contributed by atoms with Crippen molar-refractivity contribution in [2.24, 2.45) is 5.41 Å². The van der Waals surface area contributed by atoms with Crippen LogP contribution in [0, 0.1) is 11.2 Å². The van der Waals surface area contributed by atoms with Crippen LogP contribution in [0.3, 0.4) is 0 Å². The van der Waals surface area contributed by atoms with Crippen LogP contribution in [0.4, 0.5) is 38.9 Å². The molecule has 2 atom stereocenters. The number of anilines is 6. The molecular formula is C38H53ClFN9O3S. The lowest BCUT2D eigenvalue weighted by molar-refractivity contribution is -0.125. The number of aldehydes is 1. The molecule has 0 bridgehead atoms. The van der Waals surface area contributed by atoms with Crippen molar-refractivity contribution in [1.29, 1.82) is 0 Å². The molecule has 1 amide bonds. The van der Waals surface area contributed by atoms with Gasteiger partial charge in [-0.3, -0.25) is 9.69 Å². The van der Waals surface area contributed by atoms with E-state index < -0.39 is 17.4 Å². The van der Waals surface area contributed by atoms with Gasteiger partial charge in [-0.05, 0) is 68.0 Å². The predicted octanol–water partition coefficient (Wildman–Crippen LogP) is 5.97. The minimum atomic E-state index is -1.22. The van der Waals surface area contributed by atoms with Gasteiger partial charge in [0.25, 0.3) is 0 Å². The molecule has 288 valence electrons. The highest BCUT2D eigenvalue weighted by atomic mass is 35.5. The number of benzene rings is 2. The van der Waals surface area contributed by atoms with Crippen molar-refractivity contribution in [2.75, 3.05) is 79.0 Å². The van der Waals surface area contributed by atoms with Gasteiger partial charge < -0.3 is 35.1 Å². The third kappa shape index (κ3) is 11.2. The molecule has 0 spiro atoms. The maximum Gasteiger partial charge on any atom is 0.229 e. The van der Waals surface area contributed by atoms with Crippen molar-refractivity contribution < 1.29 is 18.5 Å². The Hall–Kier alpha value is -3.69. The Kier molecular flexibility index (Phi) is 14.2. The van der Waals surface area contributed by atoms with Crippen molar-refractivity contribution in [3.63, 3.8) is 0 Å². The van der Waals surface area contributed by atoms with E-state index in [1.165, 1.54) is 12.3 Å². The Labute approximate surface area is 321 Å². The fourth-order valence-electron chi connectivity index (χ4n) is 6.75. The van der Waals surface area contributed by atoms with Crippen LogP contribution in [0.15, 0.2) is 48.7 Å². The normalized spacial score (nSPS) is 17.2. The van der Waals surface area contributed by atoms with Crippen LogP contribution in [0.2, 0.25) is 5.02 Å². The summed E-state index contributed by atoms with van der Waals surface area (Å²) in [6.07, 6.45) is 8.06. The van der Waals surface area contributed by atoms with Crippen molar-refractivity contribution in [3.8, 4) is 0 Å². The number of hydrogen-bond donors (Lipinski definition) is 3. The van der Waals surface area contributed by atoms with E-state index in [1.54, 1.807) is 23.7 Å². The molecule has 2 aliphatic rings. The van der Waals surface area contributed by atoms with Gasteiger partial charge in [-0.1, -0.05) is 44.5 Å². The van der Waals surface area contributed by atoms with E-state index in [0.717, 1.165) is 83.5 Å². The van der Waals surface area contributed by atoms with E-state index in [1.807, 2.05) is 51.1 Å². The summed E-state index contributed by atoms with van der Waals surface area (Å²) in [5, 5.41) is 9.47. The van der Waals surface area contributed by atoms with E-state index in [4.69, 9.17) is 11.6 Å². The largest absolute Gasteiger partial charge is 0.593 e. The zero-order valence-corrected chi connectivity index (χ0v) is 33.0. The molecule has 2 aliphatic heterocycles. The molecule has 2 unspecified atom stereocenters. The Balaban J connectivity index is 1.06. The fourth-order valence-corrected chi connectivity index (χ4v) is 7.32. The maximum absolute atomic E-state index is 15.5. The molecule has 2 aromatic carbocycles. The average molecular weight is 770 g/mol. The quantitative estimate of drug-likeness (QED) is 0.0960. The first kappa shape index (κ1) is 40.5. The van der Waals surface area contributed by atoms with Crippen LogP contribution in [0.5, 0.6) is 0 Å². The second-order valence-corrected chi connectivity index (χ2v) is 16.6. The Bertz CT molecular complexity index is 1680. The lowest BCUT2D eigenvalue weighted by Crippen LogP contribution is -2.53. The molecule has 5 rings (SSSR count). The Morgan fingerprint density at radius 1 is 1.09 bits per heavy atom. The minimum Gasteiger partial charge on any atom is -0.593 e. The zero-order valence-electron chi connectivity index (χ0n) is 31.4. The Morgan fingerprint density at radius 3 is 2.47 bits per heavy atom. The lowest BCUT2D eigenvalue weighted by atomic mass is 9.87. The van der Waals surface area contributed by atoms with Crippen molar-refractivity contribution in [1.82, 2.24) is 25.1 Å². The van der Waals surface area contributed by atoms with Crippen LogP contribution in [0.1, 0.15) is 52.9 Å². The predicted molar refractivity (Wildman–Crippen MR) is 213 cm³/mol. The van der Waals surface area contributed by atoms with Crippen LogP contribution >= 0.6 is 11.6 Å². The highest BCUT2D eigenvalue weighted by Crippen LogP contribution is 2.33. The number of nitrogens with zero attached hydrogens (tertiary/aromatic N) is 6. The molecule has 2 fully saturated rings. The van der Waals surface area contributed by atoms with Crippen molar-refractivity contribution in [3.05, 3.63) is 59.5 Å². The summed E-state index contributed by atoms with van der Waals surface area (Å²) in [6.45, 7) is 12.4. The van der Waals surface area contributed by atoms with Crippen LogP contribution < -0.4 is 25.2 Å². The monoisotopic (exact) mass is 769 g/mol. The number of piperazine rings is 1. The van der Waals surface area contributed by atoms with Gasteiger partial charge in [-0.2, -0.15) is 9.29 Å². The molecule has 15 heteroatoms. The molecule has 12 nitrogen and oxygen atoms in total. The van der Waals surface area contributed by atoms with Crippen molar-refractivity contribution >= 4 is 69.7 Å². The van der Waals surface area contributed by atoms with Gasteiger partial charge in [0.1, 0.15) is 29.1 Å². The molecule has 3 heterocycles. The van der Waals surface area contributed by atoms with Crippen LogP contribution in [-0.2, 0) is 21.0 Å². The standard InChI is InChI=1S/C38H53ClFN9O3S/c1-38(2,3)34(26-50)44-35(51)12-8-9-17-47-20-22-48(23-21-47)28-15-18-49(19-16-28)32-14-13-27(24-30(32)40)42-37-41-25-29(39)36(45-37)43-31-10-6-7-11-33(31)46(4)53(5)52/h6-7,10-11,13-14,24-26,28,34H,8-9,12,15-23H2,1-5H3,(H,44,51)(H2,41,42,43,45). The van der Waals surface area contributed by atoms with Gasteiger partial charge in [0.05, 0.1) is 42.0 Å². The summed E-state index contributed by atoms with van der Waals surface area (Å²) >= 11 is 5.20. The second-order valence-electron chi connectivity index (χ2n) is 14.8. The first-order valence-corrected chi connectivity index (χ1v) is 20.2. The topological polar surface area (TPSA) is 132 Å².